The molecule has 1 saturated heterocycles. The Morgan fingerprint density at radius 1 is 1.21 bits per heavy atom. The van der Waals surface area contributed by atoms with E-state index in [1.807, 2.05) is 23.6 Å². The lowest BCUT2D eigenvalue weighted by Gasteiger charge is -2.13. The highest BCUT2D eigenvalue weighted by Gasteiger charge is 2.36. The zero-order valence-electron chi connectivity index (χ0n) is 12.2. The van der Waals surface area contributed by atoms with Gasteiger partial charge in [-0.15, -0.1) is 11.3 Å². The van der Waals surface area contributed by atoms with Crippen LogP contribution in [-0.4, -0.2) is 28.5 Å². The molecular formula is C16H11BrN2O3S2. The van der Waals surface area contributed by atoms with Crippen molar-refractivity contribution in [2.24, 2.45) is 0 Å². The highest BCUT2D eigenvalue weighted by molar-refractivity contribution is 9.10. The van der Waals surface area contributed by atoms with E-state index < -0.39 is 17.1 Å². The number of hydrogen-bond acceptors (Lipinski definition) is 5. The minimum Gasteiger partial charge on any atom is -0.324 e. The molecule has 1 aromatic heterocycles. The van der Waals surface area contributed by atoms with Gasteiger partial charge < -0.3 is 5.32 Å². The Morgan fingerprint density at radius 3 is 2.71 bits per heavy atom. The molecule has 24 heavy (non-hydrogen) atoms. The Kier molecular flexibility index (Phi) is 5.17. The van der Waals surface area contributed by atoms with Gasteiger partial charge in [-0.2, -0.15) is 0 Å². The molecule has 1 aliphatic heterocycles. The van der Waals surface area contributed by atoms with E-state index in [0.29, 0.717) is 10.6 Å². The number of thiophene rings is 1. The number of carbonyl (C=O) groups excluding carboxylic acids is 3. The standard InChI is InChI=1S/C16H11BrN2O3S2/c17-11-5-1-2-6-12(11)18-14(20)9-19-15(21)13(24-16(19)22)8-10-4-3-7-23-10/h1-8H,9H2,(H,18,20)/b13-8+. The second kappa shape index (κ2) is 7.33. The summed E-state index contributed by atoms with van der Waals surface area (Å²) in [5, 5.41) is 4.13. The summed E-state index contributed by atoms with van der Waals surface area (Å²) < 4.78 is 0.727. The topological polar surface area (TPSA) is 66.5 Å². The number of nitrogens with zero attached hydrogens (tertiary/aromatic N) is 1. The number of thioether (sulfide) groups is 1. The summed E-state index contributed by atoms with van der Waals surface area (Å²) in [6.45, 7) is -0.312. The second-order valence-corrected chi connectivity index (χ2v) is 7.64. The Bertz CT molecular complexity index is 834. The molecule has 2 aromatic rings. The number of hydrogen-bond donors (Lipinski definition) is 1. The van der Waals surface area contributed by atoms with Crippen molar-refractivity contribution in [3.63, 3.8) is 0 Å². The number of anilines is 1. The van der Waals surface area contributed by atoms with Gasteiger partial charge in [-0.3, -0.25) is 19.3 Å². The molecule has 1 fully saturated rings. The van der Waals surface area contributed by atoms with Gasteiger partial charge in [0.15, 0.2) is 0 Å². The van der Waals surface area contributed by atoms with Crippen LogP contribution in [0, 0.1) is 0 Å². The Morgan fingerprint density at radius 2 is 2.00 bits per heavy atom. The van der Waals surface area contributed by atoms with Crippen molar-refractivity contribution in [1.82, 2.24) is 4.90 Å². The Balaban J connectivity index is 1.69. The van der Waals surface area contributed by atoms with E-state index in [-0.39, 0.29) is 6.54 Å². The second-order valence-electron chi connectivity index (χ2n) is 4.81. The molecule has 0 spiro atoms. The van der Waals surface area contributed by atoms with Gasteiger partial charge in [0, 0.05) is 9.35 Å². The summed E-state index contributed by atoms with van der Waals surface area (Å²) in [5.41, 5.74) is 0.587. The lowest BCUT2D eigenvalue weighted by atomic mass is 10.3. The van der Waals surface area contributed by atoms with Crippen LogP contribution in [0.4, 0.5) is 10.5 Å². The van der Waals surface area contributed by atoms with Crippen molar-refractivity contribution in [2.75, 3.05) is 11.9 Å². The Labute approximate surface area is 154 Å². The van der Waals surface area contributed by atoms with Crippen molar-refractivity contribution in [1.29, 1.82) is 0 Å². The third-order valence-corrected chi connectivity index (χ3v) is 5.56. The number of halogens is 1. The maximum absolute atomic E-state index is 12.3. The van der Waals surface area contributed by atoms with E-state index >= 15 is 0 Å². The first-order valence-electron chi connectivity index (χ1n) is 6.88. The number of imide groups is 1. The molecule has 0 unspecified atom stereocenters. The third kappa shape index (κ3) is 3.77. The van der Waals surface area contributed by atoms with Gasteiger partial charge >= 0.3 is 0 Å². The van der Waals surface area contributed by atoms with Crippen LogP contribution >= 0.6 is 39.0 Å². The zero-order valence-corrected chi connectivity index (χ0v) is 15.4. The average molecular weight is 423 g/mol. The number of para-hydroxylation sites is 1. The predicted octanol–water partition coefficient (Wildman–Crippen LogP) is 4.19. The van der Waals surface area contributed by atoms with Crippen LogP contribution in [0.3, 0.4) is 0 Å². The number of nitrogens with one attached hydrogen (secondary N) is 1. The molecule has 0 saturated carbocycles. The summed E-state index contributed by atoms with van der Waals surface area (Å²) in [6, 6.07) is 10.9. The summed E-state index contributed by atoms with van der Waals surface area (Å²) in [4.78, 5) is 38.7. The van der Waals surface area contributed by atoms with E-state index in [1.165, 1.54) is 11.3 Å². The molecule has 1 aliphatic rings. The quantitative estimate of drug-likeness (QED) is 0.750. The predicted molar refractivity (Wildman–Crippen MR) is 99.8 cm³/mol. The summed E-state index contributed by atoms with van der Waals surface area (Å²) in [7, 11) is 0. The number of amides is 3. The van der Waals surface area contributed by atoms with E-state index in [0.717, 1.165) is 26.0 Å². The molecule has 5 nitrogen and oxygen atoms in total. The van der Waals surface area contributed by atoms with Gasteiger partial charge in [-0.1, -0.05) is 18.2 Å². The van der Waals surface area contributed by atoms with E-state index in [4.69, 9.17) is 0 Å². The van der Waals surface area contributed by atoms with Crippen molar-refractivity contribution < 1.29 is 14.4 Å². The summed E-state index contributed by atoms with van der Waals surface area (Å²) >= 11 is 5.65. The van der Waals surface area contributed by atoms with Crippen LogP contribution in [-0.2, 0) is 9.59 Å². The SMILES string of the molecule is O=C(CN1C(=O)S/C(=C/c2cccs2)C1=O)Nc1ccccc1Br. The molecule has 3 amide bonds. The monoisotopic (exact) mass is 422 g/mol. The molecular weight excluding hydrogens is 412 g/mol. The minimum atomic E-state index is -0.444. The molecule has 1 aromatic carbocycles. The number of benzene rings is 1. The highest BCUT2D eigenvalue weighted by atomic mass is 79.9. The van der Waals surface area contributed by atoms with Gasteiger partial charge in [0.1, 0.15) is 6.54 Å². The van der Waals surface area contributed by atoms with Crippen molar-refractivity contribution in [3.8, 4) is 0 Å². The summed E-state index contributed by atoms with van der Waals surface area (Å²) in [6.07, 6.45) is 1.67. The molecule has 2 heterocycles. The highest BCUT2D eigenvalue weighted by Crippen LogP contribution is 2.32. The normalized spacial score (nSPS) is 16.0. The van der Waals surface area contributed by atoms with Gasteiger partial charge in [0.05, 0.1) is 10.6 Å². The van der Waals surface area contributed by atoms with Crippen LogP contribution in [0.25, 0.3) is 6.08 Å². The van der Waals surface area contributed by atoms with Crippen LogP contribution in [0.2, 0.25) is 0 Å². The molecule has 0 aliphatic carbocycles. The lowest BCUT2D eigenvalue weighted by molar-refractivity contribution is -0.127. The molecule has 8 heteroatoms. The smallest absolute Gasteiger partial charge is 0.294 e. The maximum Gasteiger partial charge on any atom is 0.294 e. The van der Waals surface area contributed by atoms with E-state index in [9.17, 15) is 14.4 Å². The van der Waals surface area contributed by atoms with Crippen LogP contribution in [0.15, 0.2) is 51.2 Å². The first-order chi connectivity index (χ1) is 11.5. The Hall–Kier alpha value is -1.90. The van der Waals surface area contributed by atoms with E-state index in [1.54, 1.807) is 24.3 Å². The van der Waals surface area contributed by atoms with E-state index in [2.05, 4.69) is 21.2 Å². The fourth-order valence-electron chi connectivity index (χ4n) is 2.03. The molecule has 3 rings (SSSR count). The van der Waals surface area contributed by atoms with Crippen molar-refractivity contribution in [2.45, 2.75) is 0 Å². The van der Waals surface area contributed by atoms with Crippen molar-refractivity contribution >= 4 is 67.8 Å². The average Bonchev–Trinajstić information content (AvgIpc) is 3.14. The molecule has 0 atom stereocenters. The first kappa shape index (κ1) is 16.9. The van der Waals surface area contributed by atoms with Crippen LogP contribution in [0.5, 0.6) is 0 Å². The number of carbonyl (C=O) groups is 3. The van der Waals surface area contributed by atoms with Gasteiger partial charge in [-0.25, -0.2) is 0 Å². The van der Waals surface area contributed by atoms with Gasteiger partial charge in [0.25, 0.3) is 11.1 Å². The molecule has 1 N–H and O–H groups in total. The van der Waals surface area contributed by atoms with Crippen LogP contribution < -0.4 is 5.32 Å². The van der Waals surface area contributed by atoms with Gasteiger partial charge in [-0.05, 0) is 57.3 Å². The summed E-state index contributed by atoms with van der Waals surface area (Å²) in [5.74, 6) is -0.873. The van der Waals surface area contributed by atoms with Crippen LogP contribution in [0.1, 0.15) is 4.88 Å². The van der Waals surface area contributed by atoms with Gasteiger partial charge in [0.2, 0.25) is 5.91 Å². The fourth-order valence-corrected chi connectivity index (χ4v) is 3.98. The third-order valence-electron chi connectivity index (χ3n) is 3.14. The largest absolute Gasteiger partial charge is 0.324 e. The zero-order chi connectivity index (χ0) is 17.1. The fraction of sp³-hybridized carbons (Fsp3) is 0.0625. The number of rotatable bonds is 4. The molecule has 0 radical (unpaired) electrons. The van der Waals surface area contributed by atoms with Crippen molar-refractivity contribution in [3.05, 3.63) is 56.0 Å². The molecule has 0 bridgehead atoms. The lowest BCUT2D eigenvalue weighted by Crippen LogP contribution is -2.36. The maximum atomic E-state index is 12.3. The minimum absolute atomic E-state index is 0.312. The molecule has 122 valence electrons. The first-order valence-corrected chi connectivity index (χ1v) is 9.37.